The van der Waals surface area contributed by atoms with Crippen LogP contribution in [0.1, 0.15) is 27.4 Å². The standard InChI is InChI=1S/C24H24N4OS2/c1-16-8-9-20(12-18(16)3)28-11-10-25-24(28)31-15-19-14-30-23(26-19)13-22(29)27-21-7-5-4-6-17(21)2/h4-12,14H,13,15H2,1-3H3,(H,27,29). The molecular formula is C24H24N4OS2. The predicted molar refractivity (Wildman–Crippen MR) is 128 cm³/mol. The van der Waals surface area contributed by atoms with Crippen molar-refractivity contribution in [3.05, 3.63) is 87.6 Å². The summed E-state index contributed by atoms with van der Waals surface area (Å²) in [5.74, 6) is 0.658. The first-order valence-electron chi connectivity index (χ1n) is 10.0. The number of thioether (sulfide) groups is 1. The van der Waals surface area contributed by atoms with E-state index in [0.29, 0.717) is 5.75 Å². The Kier molecular flexibility index (Phi) is 6.53. The second-order valence-corrected chi connectivity index (χ2v) is 9.29. The van der Waals surface area contributed by atoms with Gasteiger partial charge in [0.15, 0.2) is 5.16 Å². The van der Waals surface area contributed by atoms with Crippen molar-refractivity contribution >= 4 is 34.7 Å². The summed E-state index contributed by atoms with van der Waals surface area (Å²) >= 11 is 3.17. The predicted octanol–water partition coefficient (Wildman–Crippen LogP) is 5.73. The number of anilines is 1. The van der Waals surface area contributed by atoms with Crippen LogP contribution in [-0.4, -0.2) is 20.4 Å². The maximum atomic E-state index is 12.4. The number of hydrogen-bond acceptors (Lipinski definition) is 5. The number of benzene rings is 2. The Hall–Kier alpha value is -2.90. The van der Waals surface area contributed by atoms with Crippen molar-refractivity contribution in [1.82, 2.24) is 14.5 Å². The fourth-order valence-electron chi connectivity index (χ4n) is 3.15. The minimum atomic E-state index is -0.0480. The topological polar surface area (TPSA) is 59.8 Å². The number of imidazole rings is 1. The molecule has 2 aromatic carbocycles. The highest BCUT2D eigenvalue weighted by Gasteiger charge is 2.12. The van der Waals surface area contributed by atoms with Crippen molar-refractivity contribution in [2.45, 2.75) is 38.1 Å². The highest BCUT2D eigenvalue weighted by atomic mass is 32.2. The molecule has 31 heavy (non-hydrogen) atoms. The molecule has 0 unspecified atom stereocenters. The Labute approximate surface area is 190 Å². The van der Waals surface area contributed by atoms with Gasteiger partial charge in [0.05, 0.1) is 12.1 Å². The van der Waals surface area contributed by atoms with Gasteiger partial charge in [-0.15, -0.1) is 11.3 Å². The molecule has 5 nitrogen and oxygen atoms in total. The van der Waals surface area contributed by atoms with Crippen LogP contribution >= 0.6 is 23.1 Å². The highest BCUT2D eigenvalue weighted by Crippen LogP contribution is 2.26. The van der Waals surface area contributed by atoms with Crippen molar-refractivity contribution in [2.24, 2.45) is 0 Å². The van der Waals surface area contributed by atoms with E-state index in [4.69, 9.17) is 0 Å². The molecule has 0 saturated heterocycles. The van der Waals surface area contributed by atoms with Crippen molar-refractivity contribution in [1.29, 1.82) is 0 Å². The van der Waals surface area contributed by atoms with Gasteiger partial charge in [-0.1, -0.05) is 36.0 Å². The molecule has 4 aromatic rings. The summed E-state index contributed by atoms with van der Waals surface area (Å²) < 4.78 is 2.10. The van der Waals surface area contributed by atoms with Gasteiger partial charge in [-0.3, -0.25) is 9.36 Å². The molecule has 158 valence electrons. The average molecular weight is 449 g/mol. The smallest absolute Gasteiger partial charge is 0.231 e. The zero-order valence-electron chi connectivity index (χ0n) is 17.8. The minimum Gasteiger partial charge on any atom is -0.325 e. The van der Waals surface area contributed by atoms with Crippen LogP contribution in [0.4, 0.5) is 5.69 Å². The van der Waals surface area contributed by atoms with E-state index >= 15 is 0 Å². The first kappa shape index (κ1) is 21.3. The van der Waals surface area contributed by atoms with Gasteiger partial charge in [-0.2, -0.15) is 0 Å². The lowest BCUT2D eigenvalue weighted by Gasteiger charge is -2.09. The van der Waals surface area contributed by atoms with Gasteiger partial charge < -0.3 is 5.32 Å². The number of amides is 1. The fourth-order valence-corrected chi connectivity index (χ4v) is 4.91. The molecule has 0 aliphatic rings. The number of carbonyl (C=O) groups excluding carboxylic acids is 1. The third-order valence-corrected chi connectivity index (χ3v) is 6.95. The Morgan fingerprint density at radius 3 is 2.74 bits per heavy atom. The summed E-state index contributed by atoms with van der Waals surface area (Å²) in [6.07, 6.45) is 4.08. The molecule has 0 aliphatic heterocycles. The van der Waals surface area contributed by atoms with Crippen molar-refractivity contribution in [2.75, 3.05) is 5.32 Å². The summed E-state index contributed by atoms with van der Waals surface area (Å²) in [5.41, 5.74) is 6.50. The summed E-state index contributed by atoms with van der Waals surface area (Å²) in [4.78, 5) is 21.5. The molecule has 0 fully saturated rings. The van der Waals surface area contributed by atoms with Gasteiger partial charge in [-0.25, -0.2) is 9.97 Å². The SMILES string of the molecule is Cc1ccc(-n2ccnc2SCc2csc(CC(=O)Nc3ccccc3C)n2)cc1C. The number of rotatable bonds is 7. The lowest BCUT2D eigenvalue weighted by atomic mass is 10.1. The number of nitrogens with zero attached hydrogens (tertiary/aromatic N) is 3. The molecule has 0 bridgehead atoms. The second-order valence-electron chi connectivity index (χ2n) is 7.41. The Balaban J connectivity index is 1.37. The van der Waals surface area contributed by atoms with Crippen molar-refractivity contribution < 1.29 is 4.79 Å². The van der Waals surface area contributed by atoms with Gasteiger partial charge in [0.25, 0.3) is 0 Å². The first-order chi connectivity index (χ1) is 15.0. The quantitative estimate of drug-likeness (QED) is 0.367. The average Bonchev–Trinajstić information content (AvgIpc) is 3.39. The molecule has 1 N–H and O–H groups in total. The monoisotopic (exact) mass is 448 g/mol. The van der Waals surface area contributed by atoms with E-state index in [1.807, 2.05) is 49.0 Å². The Morgan fingerprint density at radius 2 is 1.94 bits per heavy atom. The van der Waals surface area contributed by atoms with Crippen LogP contribution in [0.5, 0.6) is 0 Å². The molecule has 4 rings (SSSR count). The second kappa shape index (κ2) is 9.49. The molecule has 0 aliphatic carbocycles. The van der Waals surface area contributed by atoms with Crippen LogP contribution in [0.15, 0.2) is 65.4 Å². The van der Waals surface area contributed by atoms with Crippen LogP contribution in [0.2, 0.25) is 0 Å². The lowest BCUT2D eigenvalue weighted by Crippen LogP contribution is -2.15. The number of thiazole rings is 1. The Morgan fingerprint density at radius 1 is 1.10 bits per heavy atom. The zero-order valence-corrected chi connectivity index (χ0v) is 19.4. The van der Waals surface area contributed by atoms with Crippen LogP contribution in [-0.2, 0) is 17.0 Å². The first-order valence-corrected chi connectivity index (χ1v) is 11.9. The molecule has 0 radical (unpaired) electrons. The van der Waals surface area contributed by atoms with Gasteiger partial charge in [0.2, 0.25) is 5.91 Å². The maximum absolute atomic E-state index is 12.4. The number of para-hydroxylation sites is 1. The zero-order chi connectivity index (χ0) is 21.8. The molecule has 0 saturated carbocycles. The largest absolute Gasteiger partial charge is 0.325 e. The van der Waals surface area contributed by atoms with Crippen LogP contribution in [0, 0.1) is 20.8 Å². The van der Waals surface area contributed by atoms with Crippen LogP contribution < -0.4 is 5.32 Å². The van der Waals surface area contributed by atoms with Crippen LogP contribution in [0.25, 0.3) is 5.69 Å². The molecule has 2 aromatic heterocycles. The minimum absolute atomic E-state index is 0.0480. The van der Waals surface area contributed by atoms with Crippen molar-refractivity contribution in [3.8, 4) is 5.69 Å². The van der Waals surface area contributed by atoms with Crippen LogP contribution in [0.3, 0.4) is 0 Å². The number of aryl methyl sites for hydroxylation is 3. The summed E-state index contributed by atoms with van der Waals surface area (Å²) in [6, 6.07) is 14.2. The number of carbonyl (C=O) groups is 1. The van der Waals surface area contributed by atoms with E-state index in [9.17, 15) is 4.79 Å². The van der Waals surface area contributed by atoms with Gasteiger partial charge in [-0.05, 0) is 55.7 Å². The van der Waals surface area contributed by atoms with E-state index in [1.165, 1.54) is 22.5 Å². The third-order valence-electron chi connectivity index (χ3n) is 5.05. The molecule has 0 spiro atoms. The highest BCUT2D eigenvalue weighted by molar-refractivity contribution is 7.98. The third kappa shape index (κ3) is 5.24. The molecule has 0 atom stereocenters. The summed E-state index contributed by atoms with van der Waals surface area (Å²) in [6.45, 7) is 6.22. The molecule has 2 heterocycles. The van der Waals surface area contributed by atoms with E-state index in [-0.39, 0.29) is 12.3 Å². The molecule has 1 amide bonds. The van der Waals surface area contributed by atoms with Gasteiger partial charge in [0, 0.05) is 34.9 Å². The maximum Gasteiger partial charge on any atom is 0.231 e. The van der Waals surface area contributed by atoms with E-state index < -0.39 is 0 Å². The van der Waals surface area contributed by atoms with E-state index in [0.717, 1.165) is 32.8 Å². The van der Waals surface area contributed by atoms with Crippen molar-refractivity contribution in [3.63, 3.8) is 0 Å². The molecular weight excluding hydrogens is 424 g/mol. The summed E-state index contributed by atoms with van der Waals surface area (Å²) in [5, 5.41) is 6.73. The number of hydrogen-bond donors (Lipinski definition) is 1. The number of aromatic nitrogens is 3. The molecule has 7 heteroatoms. The summed E-state index contributed by atoms with van der Waals surface area (Å²) in [7, 11) is 0. The Bertz CT molecular complexity index is 1210. The number of nitrogens with one attached hydrogen (secondary N) is 1. The lowest BCUT2D eigenvalue weighted by molar-refractivity contribution is -0.115. The van der Waals surface area contributed by atoms with E-state index in [2.05, 4.69) is 51.9 Å². The van der Waals surface area contributed by atoms with Gasteiger partial charge >= 0.3 is 0 Å². The normalized spacial score (nSPS) is 10.9. The fraction of sp³-hybridized carbons (Fsp3) is 0.208. The van der Waals surface area contributed by atoms with Gasteiger partial charge in [0.1, 0.15) is 5.01 Å². The van der Waals surface area contributed by atoms with E-state index in [1.54, 1.807) is 11.8 Å².